The Labute approximate surface area is 149 Å². The van der Waals surface area contributed by atoms with Gasteiger partial charge in [0.05, 0.1) is 11.6 Å². The summed E-state index contributed by atoms with van der Waals surface area (Å²) in [6.07, 6.45) is -3.26. The van der Waals surface area contributed by atoms with Crippen molar-refractivity contribution in [3.8, 4) is 0 Å². The van der Waals surface area contributed by atoms with E-state index >= 15 is 0 Å². The van der Waals surface area contributed by atoms with Crippen LogP contribution in [0.3, 0.4) is 0 Å². The Morgan fingerprint density at radius 3 is 2.65 bits per heavy atom. The SMILES string of the molecule is OC[C@H]1OC(Sc2c[nH]c3ccc(Br)c(Cl)c23)[C@H](O)[C@@H](O)[C@H]1O. The highest BCUT2D eigenvalue weighted by molar-refractivity contribution is 9.10. The van der Waals surface area contributed by atoms with Crippen molar-refractivity contribution < 1.29 is 25.2 Å². The molecule has 6 nitrogen and oxygen atoms in total. The monoisotopic (exact) mass is 423 g/mol. The molecular formula is C14H15BrClNO5S. The zero-order valence-electron chi connectivity index (χ0n) is 11.7. The van der Waals surface area contributed by atoms with Crippen LogP contribution in [-0.2, 0) is 4.74 Å². The Morgan fingerprint density at radius 2 is 1.96 bits per heavy atom. The second-order valence-electron chi connectivity index (χ2n) is 5.25. The van der Waals surface area contributed by atoms with E-state index in [0.717, 1.165) is 20.3 Å². The van der Waals surface area contributed by atoms with E-state index in [4.69, 9.17) is 16.3 Å². The van der Waals surface area contributed by atoms with Gasteiger partial charge in [-0.25, -0.2) is 0 Å². The lowest BCUT2D eigenvalue weighted by Crippen LogP contribution is -2.57. The largest absolute Gasteiger partial charge is 0.394 e. The number of hydrogen-bond acceptors (Lipinski definition) is 6. The summed E-state index contributed by atoms with van der Waals surface area (Å²) in [5.41, 5.74) is -0.0233. The van der Waals surface area contributed by atoms with Crippen LogP contribution in [-0.4, -0.2) is 61.9 Å². The average Bonchev–Trinajstić information content (AvgIpc) is 2.95. The molecule has 1 aromatic carbocycles. The van der Waals surface area contributed by atoms with Gasteiger partial charge in [0.2, 0.25) is 0 Å². The standard InChI is InChI=1S/C14H15BrClNO5S/c15-5-1-2-6-9(10(5)16)8(3-17-6)23-14-13(21)12(20)11(19)7(4-18)22-14/h1-3,7,11-14,17-21H,4H2/t7-,11+,12+,13-,14?/m1/s1. The summed E-state index contributed by atoms with van der Waals surface area (Å²) in [5.74, 6) is 0. The highest BCUT2D eigenvalue weighted by Crippen LogP contribution is 2.41. The van der Waals surface area contributed by atoms with Gasteiger partial charge in [-0.05, 0) is 28.1 Å². The van der Waals surface area contributed by atoms with Crippen molar-refractivity contribution in [2.75, 3.05) is 6.61 Å². The molecule has 9 heteroatoms. The highest BCUT2D eigenvalue weighted by Gasteiger charge is 2.44. The predicted molar refractivity (Wildman–Crippen MR) is 90.6 cm³/mol. The number of aromatic amines is 1. The molecule has 0 amide bonds. The third-order valence-corrected chi connectivity index (χ3v) is 6.27. The molecule has 0 bridgehead atoms. The lowest BCUT2D eigenvalue weighted by molar-refractivity contribution is -0.205. The second kappa shape index (κ2) is 6.89. The molecule has 23 heavy (non-hydrogen) atoms. The fraction of sp³-hybridized carbons (Fsp3) is 0.429. The van der Waals surface area contributed by atoms with Crippen molar-refractivity contribution in [1.82, 2.24) is 4.98 Å². The molecule has 1 saturated heterocycles. The summed E-state index contributed by atoms with van der Waals surface area (Å²) >= 11 is 10.9. The quantitative estimate of drug-likeness (QED) is 0.511. The Hall–Kier alpha value is -0.320. The molecule has 0 aliphatic carbocycles. The first-order valence-electron chi connectivity index (χ1n) is 6.86. The number of hydrogen-bond donors (Lipinski definition) is 5. The molecule has 1 unspecified atom stereocenters. The molecule has 1 aromatic heterocycles. The Balaban J connectivity index is 1.91. The van der Waals surface area contributed by atoms with E-state index in [0.29, 0.717) is 5.02 Å². The maximum Gasteiger partial charge on any atom is 0.136 e. The third kappa shape index (κ3) is 3.14. The molecule has 1 aliphatic rings. The third-order valence-electron chi connectivity index (χ3n) is 3.79. The first-order valence-corrected chi connectivity index (χ1v) is 8.91. The van der Waals surface area contributed by atoms with Gasteiger partial charge in [-0.2, -0.15) is 0 Å². The molecule has 2 heterocycles. The summed E-state index contributed by atoms with van der Waals surface area (Å²) in [6, 6.07) is 3.69. The first kappa shape index (κ1) is 17.5. The lowest BCUT2D eigenvalue weighted by atomic mass is 10.0. The number of H-pyrrole nitrogens is 1. The van der Waals surface area contributed by atoms with E-state index < -0.39 is 36.5 Å². The van der Waals surface area contributed by atoms with E-state index in [1.165, 1.54) is 11.8 Å². The van der Waals surface area contributed by atoms with Crippen molar-refractivity contribution in [3.63, 3.8) is 0 Å². The maximum atomic E-state index is 10.1. The molecule has 126 valence electrons. The van der Waals surface area contributed by atoms with Crippen molar-refractivity contribution >= 4 is 50.2 Å². The van der Waals surface area contributed by atoms with Gasteiger partial charge in [0.25, 0.3) is 0 Å². The van der Waals surface area contributed by atoms with Gasteiger partial charge >= 0.3 is 0 Å². The van der Waals surface area contributed by atoms with Crippen LogP contribution in [0.4, 0.5) is 0 Å². The number of benzene rings is 1. The van der Waals surface area contributed by atoms with Crippen LogP contribution in [0.2, 0.25) is 5.02 Å². The van der Waals surface area contributed by atoms with Gasteiger partial charge in [-0.1, -0.05) is 23.4 Å². The van der Waals surface area contributed by atoms with Crippen molar-refractivity contribution in [3.05, 3.63) is 27.8 Å². The maximum absolute atomic E-state index is 10.1. The number of halogens is 2. The summed E-state index contributed by atoms with van der Waals surface area (Å²) in [6.45, 7) is -0.456. The lowest BCUT2D eigenvalue weighted by Gasteiger charge is -2.39. The van der Waals surface area contributed by atoms with E-state index in [9.17, 15) is 20.4 Å². The van der Waals surface area contributed by atoms with Crippen LogP contribution in [0.15, 0.2) is 27.7 Å². The first-order chi connectivity index (χ1) is 10.9. The van der Waals surface area contributed by atoms with E-state index in [1.54, 1.807) is 6.20 Å². The zero-order chi connectivity index (χ0) is 16.7. The normalized spacial score (nSPS) is 31.7. The number of aromatic nitrogens is 1. The van der Waals surface area contributed by atoms with Crippen LogP contribution in [0, 0.1) is 0 Å². The van der Waals surface area contributed by atoms with Gasteiger partial charge in [0.15, 0.2) is 0 Å². The van der Waals surface area contributed by atoms with E-state index in [-0.39, 0.29) is 0 Å². The number of aliphatic hydroxyl groups is 4. The van der Waals surface area contributed by atoms with Crippen LogP contribution in [0.5, 0.6) is 0 Å². The molecular weight excluding hydrogens is 410 g/mol. The van der Waals surface area contributed by atoms with Crippen LogP contribution < -0.4 is 0 Å². The summed E-state index contributed by atoms with van der Waals surface area (Å²) in [5, 5.41) is 40.3. The molecule has 5 atom stereocenters. The predicted octanol–water partition coefficient (Wildman–Crippen LogP) is 1.48. The molecule has 1 aliphatic heterocycles. The smallest absolute Gasteiger partial charge is 0.136 e. The Bertz CT molecular complexity index is 712. The Kier molecular flexibility index (Phi) is 5.24. The van der Waals surface area contributed by atoms with Gasteiger partial charge in [0.1, 0.15) is 29.9 Å². The molecule has 3 rings (SSSR count). The van der Waals surface area contributed by atoms with Gasteiger partial charge in [-0.3, -0.25) is 0 Å². The second-order valence-corrected chi connectivity index (χ2v) is 7.62. The number of thioether (sulfide) groups is 1. The number of fused-ring (bicyclic) bond motifs is 1. The number of rotatable bonds is 3. The van der Waals surface area contributed by atoms with Crippen LogP contribution >= 0.6 is 39.3 Å². The topological polar surface area (TPSA) is 106 Å². The van der Waals surface area contributed by atoms with Gasteiger partial charge < -0.3 is 30.1 Å². The molecule has 2 aromatic rings. The van der Waals surface area contributed by atoms with Gasteiger partial charge in [-0.15, -0.1) is 0 Å². The van der Waals surface area contributed by atoms with E-state index in [2.05, 4.69) is 20.9 Å². The van der Waals surface area contributed by atoms with Crippen molar-refractivity contribution in [2.24, 2.45) is 0 Å². The van der Waals surface area contributed by atoms with Crippen LogP contribution in [0.25, 0.3) is 10.9 Å². The minimum atomic E-state index is -1.40. The number of nitrogens with one attached hydrogen (secondary N) is 1. The summed E-state index contributed by atoms with van der Waals surface area (Å²) in [4.78, 5) is 3.81. The van der Waals surface area contributed by atoms with Crippen LogP contribution in [0.1, 0.15) is 0 Å². The molecule has 0 saturated carbocycles. The number of aliphatic hydroxyl groups excluding tert-OH is 4. The zero-order valence-corrected chi connectivity index (χ0v) is 14.8. The fourth-order valence-electron chi connectivity index (χ4n) is 2.51. The van der Waals surface area contributed by atoms with E-state index in [1.807, 2.05) is 12.1 Å². The minimum absolute atomic E-state index is 0.456. The average molecular weight is 425 g/mol. The fourth-order valence-corrected chi connectivity index (χ4v) is 4.37. The van der Waals surface area contributed by atoms with Crippen molar-refractivity contribution in [2.45, 2.75) is 34.7 Å². The highest BCUT2D eigenvalue weighted by atomic mass is 79.9. The summed E-state index contributed by atoms with van der Waals surface area (Å²) in [7, 11) is 0. The molecule has 1 fully saturated rings. The van der Waals surface area contributed by atoms with Gasteiger partial charge in [0, 0.05) is 26.5 Å². The Morgan fingerprint density at radius 1 is 1.22 bits per heavy atom. The molecule has 0 radical (unpaired) electrons. The minimum Gasteiger partial charge on any atom is -0.394 e. The molecule has 5 N–H and O–H groups in total. The molecule has 0 spiro atoms. The number of ether oxygens (including phenoxy) is 1. The van der Waals surface area contributed by atoms with Crippen molar-refractivity contribution in [1.29, 1.82) is 0 Å². The summed E-state index contributed by atoms with van der Waals surface area (Å²) < 4.78 is 6.25.